The van der Waals surface area contributed by atoms with Gasteiger partial charge in [0, 0.05) is 32.2 Å². The van der Waals surface area contributed by atoms with Gasteiger partial charge in [-0.25, -0.2) is 0 Å². The van der Waals surface area contributed by atoms with Gasteiger partial charge in [0.1, 0.15) is 11.5 Å². The maximum absolute atomic E-state index is 12.4. The topological polar surface area (TPSA) is 53.0 Å². The first-order valence-corrected chi connectivity index (χ1v) is 9.97. The first-order valence-electron chi connectivity index (χ1n) is 9.97. The van der Waals surface area contributed by atoms with Gasteiger partial charge in [-0.3, -0.25) is 9.69 Å². The highest BCUT2D eigenvalue weighted by Gasteiger charge is 2.25. The summed E-state index contributed by atoms with van der Waals surface area (Å²) >= 11 is 0. The predicted octanol–water partition coefficient (Wildman–Crippen LogP) is 3.80. The zero-order chi connectivity index (χ0) is 20.1. The summed E-state index contributed by atoms with van der Waals surface area (Å²) in [6, 6.07) is 15.6. The number of piperazine rings is 1. The molecule has 28 heavy (non-hydrogen) atoms. The van der Waals surface area contributed by atoms with Crippen LogP contribution in [0, 0.1) is 0 Å². The summed E-state index contributed by atoms with van der Waals surface area (Å²) in [6.45, 7) is 9.82. The van der Waals surface area contributed by atoms with Crippen LogP contribution in [-0.2, 0) is 4.79 Å². The van der Waals surface area contributed by atoms with Gasteiger partial charge in [-0.1, -0.05) is 38.1 Å². The molecule has 0 saturated carbocycles. The average Bonchev–Trinajstić information content (AvgIpc) is 2.73. The van der Waals surface area contributed by atoms with E-state index in [0.717, 1.165) is 13.1 Å². The first kappa shape index (κ1) is 20.2. The molecule has 2 aromatic rings. The summed E-state index contributed by atoms with van der Waals surface area (Å²) in [5, 5.41) is 9.29. The number of benzene rings is 2. The van der Waals surface area contributed by atoms with Crippen molar-refractivity contribution in [3.63, 3.8) is 0 Å². The second-order valence-corrected chi connectivity index (χ2v) is 7.70. The molecule has 1 aliphatic rings. The number of phenols is 1. The number of hydrogen-bond acceptors (Lipinski definition) is 4. The van der Waals surface area contributed by atoms with Crippen LogP contribution in [0.5, 0.6) is 11.5 Å². The van der Waals surface area contributed by atoms with Crippen molar-refractivity contribution >= 4 is 5.91 Å². The Morgan fingerprint density at radius 1 is 0.929 bits per heavy atom. The third-order valence-corrected chi connectivity index (χ3v) is 5.50. The Hall–Kier alpha value is -2.53. The number of carbonyl (C=O) groups is 1. The van der Waals surface area contributed by atoms with Crippen molar-refractivity contribution in [3.8, 4) is 11.5 Å². The molecule has 0 spiro atoms. The smallest absolute Gasteiger partial charge is 0.260 e. The van der Waals surface area contributed by atoms with Gasteiger partial charge >= 0.3 is 0 Å². The van der Waals surface area contributed by atoms with Crippen LogP contribution in [0.25, 0.3) is 0 Å². The average molecular weight is 383 g/mol. The fraction of sp³-hybridized carbons (Fsp3) is 0.435. The normalized spacial score (nSPS) is 16.2. The minimum Gasteiger partial charge on any atom is -0.508 e. The van der Waals surface area contributed by atoms with Crippen LogP contribution in [0.1, 0.15) is 43.9 Å². The summed E-state index contributed by atoms with van der Waals surface area (Å²) in [7, 11) is 0. The van der Waals surface area contributed by atoms with Crippen molar-refractivity contribution in [2.75, 3.05) is 32.8 Å². The van der Waals surface area contributed by atoms with Crippen LogP contribution < -0.4 is 4.74 Å². The van der Waals surface area contributed by atoms with Gasteiger partial charge in [-0.15, -0.1) is 0 Å². The SMILES string of the molecule is CC(C)c1ccc(C(C)N2CCN(C(=O)COc3ccc(O)cc3)CC2)cc1. The molecule has 1 atom stereocenters. The van der Waals surface area contributed by atoms with Crippen molar-refractivity contribution in [1.29, 1.82) is 0 Å². The second kappa shape index (κ2) is 9.11. The van der Waals surface area contributed by atoms with E-state index in [0.29, 0.717) is 30.8 Å². The van der Waals surface area contributed by atoms with Crippen LogP contribution in [0.2, 0.25) is 0 Å². The molecule has 0 aromatic heterocycles. The van der Waals surface area contributed by atoms with Gasteiger partial charge in [0.05, 0.1) is 0 Å². The standard InChI is InChI=1S/C23H30N2O3/c1-17(2)19-4-6-20(7-5-19)18(3)24-12-14-25(15-13-24)23(27)16-28-22-10-8-21(26)9-11-22/h4-11,17-18,26H,12-16H2,1-3H3. The van der Waals surface area contributed by atoms with E-state index < -0.39 is 0 Å². The number of hydrogen-bond donors (Lipinski definition) is 1. The molecule has 0 radical (unpaired) electrons. The highest BCUT2D eigenvalue weighted by atomic mass is 16.5. The zero-order valence-electron chi connectivity index (χ0n) is 17.0. The van der Waals surface area contributed by atoms with Gasteiger partial charge < -0.3 is 14.7 Å². The molecule has 1 aliphatic heterocycles. The minimum absolute atomic E-state index is 0.00154. The van der Waals surface area contributed by atoms with Crippen LogP contribution in [0.15, 0.2) is 48.5 Å². The maximum atomic E-state index is 12.4. The zero-order valence-corrected chi connectivity index (χ0v) is 17.0. The molecule has 1 fully saturated rings. The molecule has 3 rings (SSSR count). The summed E-state index contributed by atoms with van der Waals surface area (Å²) in [4.78, 5) is 16.7. The summed E-state index contributed by atoms with van der Waals surface area (Å²) in [6.07, 6.45) is 0. The minimum atomic E-state index is 0.00154. The lowest BCUT2D eigenvalue weighted by atomic mass is 9.99. The number of ether oxygens (including phenoxy) is 1. The molecule has 2 aromatic carbocycles. The Morgan fingerprint density at radius 2 is 1.50 bits per heavy atom. The van der Waals surface area contributed by atoms with E-state index in [2.05, 4.69) is 49.9 Å². The third-order valence-electron chi connectivity index (χ3n) is 5.50. The van der Waals surface area contributed by atoms with Gasteiger partial charge in [0.2, 0.25) is 0 Å². The molecule has 1 unspecified atom stereocenters. The number of rotatable bonds is 6. The highest BCUT2D eigenvalue weighted by Crippen LogP contribution is 2.24. The number of nitrogens with zero attached hydrogens (tertiary/aromatic N) is 2. The van der Waals surface area contributed by atoms with E-state index in [1.807, 2.05) is 4.90 Å². The molecule has 5 heteroatoms. The van der Waals surface area contributed by atoms with E-state index in [9.17, 15) is 9.90 Å². The van der Waals surface area contributed by atoms with Gasteiger partial charge in [-0.05, 0) is 48.2 Å². The number of phenolic OH excluding ortho intramolecular Hbond substituents is 1. The van der Waals surface area contributed by atoms with Gasteiger partial charge in [0.15, 0.2) is 6.61 Å². The largest absolute Gasteiger partial charge is 0.508 e. The molecule has 1 N–H and O–H groups in total. The van der Waals surface area contributed by atoms with E-state index >= 15 is 0 Å². The molecular formula is C23H30N2O3. The predicted molar refractivity (Wildman–Crippen MR) is 111 cm³/mol. The Kier molecular flexibility index (Phi) is 6.57. The van der Waals surface area contributed by atoms with E-state index in [4.69, 9.17) is 4.74 Å². The molecule has 0 aliphatic carbocycles. The monoisotopic (exact) mass is 382 g/mol. The first-order chi connectivity index (χ1) is 13.4. The quantitative estimate of drug-likeness (QED) is 0.826. The van der Waals surface area contributed by atoms with E-state index in [1.54, 1.807) is 24.3 Å². The fourth-order valence-electron chi connectivity index (χ4n) is 3.51. The van der Waals surface area contributed by atoms with Crippen molar-refractivity contribution in [2.24, 2.45) is 0 Å². The lowest BCUT2D eigenvalue weighted by Crippen LogP contribution is -2.50. The number of carbonyl (C=O) groups excluding carboxylic acids is 1. The van der Waals surface area contributed by atoms with Gasteiger partial charge in [0.25, 0.3) is 5.91 Å². The highest BCUT2D eigenvalue weighted by molar-refractivity contribution is 5.77. The van der Waals surface area contributed by atoms with Gasteiger partial charge in [-0.2, -0.15) is 0 Å². The van der Waals surface area contributed by atoms with Crippen LogP contribution >= 0.6 is 0 Å². The van der Waals surface area contributed by atoms with E-state index in [-0.39, 0.29) is 18.3 Å². The van der Waals surface area contributed by atoms with Crippen molar-refractivity contribution in [3.05, 3.63) is 59.7 Å². The number of amides is 1. The summed E-state index contributed by atoms with van der Waals surface area (Å²) in [5.41, 5.74) is 2.68. The van der Waals surface area contributed by atoms with Crippen LogP contribution in [0.3, 0.4) is 0 Å². The Bertz CT molecular complexity index is 763. The fourth-order valence-corrected chi connectivity index (χ4v) is 3.51. The van der Waals surface area contributed by atoms with Crippen molar-refractivity contribution < 1.29 is 14.6 Å². The molecule has 1 heterocycles. The van der Waals surface area contributed by atoms with Crippen LogP contribution in [0.4, 0.5) is 0 Å². The third kappa shape index (κ3) is 5.04. The lowest BCUT2D eigenvalue weighted by Gasteiger charge is -2.38. The van der Waals surface area contributed by atoms with Crippen molar-refractivity contribution in [2.45, 2.75) is 32.7 Å². The summed E-state index contributed by atoms with van der Waals surface area (Å²) < 4.78 is 5.53. The van der Waals surface area contributed by atoms with E-state index in [1.165, 1.54) is 11.1 Å². The molecule has 5 nitrogen and oxygen atoms in total. The second-order valence-electron chi connectivity index (χ2n) is 7.70. The molecule has 150 valence electrons. The molecule has 1 saturated heterocycles. The van der Waals surface area contributed by atoms with Crippen molar-refractivity contribution in [1.82, 2.24) is 9.80 Å². The Morgan fingerprint density at radius 3 is 2.07 bits per heavy atom. The Labute approximate surface area is 167 Å². The maximum Gasteiger partial charge on any atom is 0.260 e. The molecular weight excluding hydrogens is 352 g/mol. The molecule has 1 amide bonds. The lowest BCUT2D eigenvalue weighted by molar-refractivity contribution is -0.135. The van der Waals surface area contributed by atoms with Crippen LogP contribution in [-0.4, -0.2) is 53.6 Å². The number of aromatic hydroxyl groups is 1. The Balaban J connectivity index is 1.47. The summed E-state index contributed by atoms with van der Waals surface area (Å²) in [5.74, 6) is 1.32. The molecule has 0 bridgehead atoms.